The van der Waals surface area contributed by atoms with Crippen LogP contribution in [-0.2, 0) is 0 Å². The van der Waals surface area contributed by atoms with Crippen molar-refractivity contribution in [3.05, 3.63) is 82.1 Å². The van der Waals surface area contributed by atoms with Gasteiger partial charge in [0.15, 0.2) is 11.5 Å². The molecule has 3 aromatic heterocycles. The normalized spacial score (nSPS) is 12.4. The summed E-state index contributed by atoms with van der Waals surface area (Å²) in [5.41, 5.74) is 8.92. The average molecular weight is 501 g/mol. The molecule has 3 aromatic carbocycles. The molecule has 0 aliphatic carbocycles. The lowest BCUT2D eigenvalue weighted by atomic mass is 10.2. The molecule has 10 heteroatoms. The third-order valence-electron chi connectivity index (χ3n) is 5.72. The van der Waals surface area contributed by atoms with Crippen LogP contribution in [0, 0.1) is 0 Å². The maximum atomic E-state index is 13.9. The van der Waals surface area contributed by atoms with Gasteiger partial charge in [-0.15, -0.1) is 5.10 Å². The number of nitrogens with zero attached hydrogens (tertiary/aromatic N) is 5. The van der Waals surface area contributed by atoms with E-state index in [0.717, 1.165) is 31.3 Å². The highest BCUT2D eigenvalue weighted by molar-refractivity contribution is 7.99. The number of halogens is 1. The van der Waals surface area contributed by atoms with E-state index in [1.54, 1.807) is 22.4 Å². The second-order valence-corrected chi connectivity index (χ2v) is 10.3. The minimum atomic E-state index is -0.266. The maximum absolute atomic E-state index is 13.9. The van der Waals surface area contributed by atoms with Crippen LogP contribution in [0.3, 0.4) is 0 Å². The zero-order chi connectivity index (χ0) is 23.0. The first-order valence-corrected chi connectivity index (χ1v) is 12.3. The quantitative estimate of drug-likeness (QED) is 0.318. The topological polar surface area (TPSA) is 91.6 Å². The van der Waals surface area contributed by atoms with Gasteiger partial charge in [-0.05, 0) is 36.4 Å². The smallest absolute Gasteiger partial charge is 0.271 e. The van der Waals surface area contributed by atoms with Gasteiger partial charge in [-0.3, -0.25) is 9.36 Å². The lowest BCUT2D eigenvalue weighted by molar-refractivity contribution is 0.889. The van der Waals surface area contributed by atoms with Crippen molar-refractivity contribution in [1.29, 1.82) is 0 Å². The van der Waals surface area contributed by atoms with Crippen LogP contribution in [0.2, 0.25) is 5.02 Å². The van der Waals surface area contributed by atoms with E-state index in [-0.39, 0.29) is 22.4 Å². The van der Waals surface area contributed by atoms with Gasteiger partial charge >= 0.3 is 0 Å². The summed E-state index contributed by atoms with van der Waals surface area (Å²) < 4.78 is 4.03. The van der Waals surface area contributed by atoms with Gasteiger partial charge in [0, 0.05) is 20.4 Å². The van der Waals surface area contributed by atoms with E-state index in [0.29, 0.717) is 16.0 Å². The Morgan fingerprint density at radius 2 is 1.74 bits per heavy atom. The number of para-hydroxylation sites is 1. The fourth-order valence-corrected chi connectivity index (χ4v) is 6.45. The summed E-state index contributed by atoms with van der Waals surface area (Å²) in [7, 11) is 0. The molecule has 4 heterocycles. The van der Waals surface area contributed by atoms with Gasteiger partial charge in [0.1, 0.15) is 11.2 Å². The average Bonchev–Trinajstić information content (AvgIpc) is 3.36. The van der Waals surface area contributed by atoms with Gasteiger partial charge < -0.3 is 5.73 Å². The molecule has 0 spiro atoms. The lowest BCUT2D eigenvalue weighted by Gasteiger charge is -2.11. The number of nitrogen functional groups attached to an aromatic ring is 1. The molecule has 7 rings (SSSR count). The van der Waals surface area contributed by atoms with Crippen LogP contribution in [-0.4, -0.2) is 24.3 Å². The summed E-state index contributed by atoms with van der Waals surface area (Å²) in [4.78, 5) is 25.4. The van der Waals surface area contributed by atoms with E-state index in [9.17, 15) is 4.79 Å². The third-order valence-corrected chi connectivity index (χ3v) is 8.09. The highest BCUT2D eigenvalue weighted by Crippen LogP contribution is 2.42. The summed E-state index contributed by atoms with van der Waals surface area (Å²) in [6, 6.07) is 21.2. The van der Waals surface area contributed by atoms with Crippen LogP contribution in [0.25, 0.3) is 43.5 Å². The lowest BCUT2D eigenvalue weighted by Crippen LogP contribution is -2.22. The Morgan fingerprint density at radius 1 is 0.941 bits per heavy atom. The molecular weight excluding hydrogens is 488 g/mol. The zero-order valence-electron chi connectivity index (χ0n) is 17.3. The zero-order valence-corrected chi connectivity index (χ0v) is 19.7. The largest absolute Gasteiger partial charge is 0.383 e. The molecule has 0 atom stereocenters. The highest BCUT2D eigenvalue weighted by atomic mass is 35.5. The predicted octanol–water partition coefficient (Wildman–Crippen LogP) is 5.55. The van der Waals surface area contributed by atoms with Gasteiger partial charge in [-0.2, -0.15) is 4.68 Å². The van der Waals surface area contributed by atoms with Crippen LogP contribution in [0.5, 0.6) is 0 Å². The van der Waals surface area contributed by atoms with E-state index in [1.807, 2.05) is 60.7 Å². The first kappa shape index (κ1) is 19.8. The molecule has 6 aromatic rings. The standard InChI is InChI=1S/C24H13ClN6OS2/c25-12-9-10-14-18(11-12)34-24(27-14)31-20(26)19-21(29-31)28-22-13-5-1-3-7-16(13)33-17-8-4-2-6-15(17)30(22)23(19)32/h1-11H,26H2. The van der Waals surface area contributed by atoms with Crippen LogP contribution >= 0.6 is 34.7 Å². The van der Waals surface area contributed by atoms with Gasteiger partial charge in [0.2, 0.25) is 5.13 Å². The molecule has 1 aliphatic heterocycles. The minimum Gasteiger partial charge on any atom is -0.383 e. The second-order valence-electron chi connectivity index (χ2n) is 7.75. The second kappa shape index (κ2) is 7.17. The third kappa shape index (κ3) is 2.78. The van der Waals surface area contributed by atoms with Crippen molar-refractivity contribution in [2.75, 3.05) is 5.73 Å². The van der Waals surface area contributed by atoms with Crippen molar-refractivity contribution in [3.63, 3.8) is 0 Å². The number of hydrogen-bond donors (Lipinski definition) is 1. The molecule has 0 saturated heterocycles. The number of rotatable bonds is 1. The first-order chi connectivity index (χ1) is 16.6. The summed E-state index contributed by atoms with van der Waals surface area (Å²) in [6.45, 7) is 0. The molecule has 0 fully saturated rings. The molecule has 0 saturated carbocycles. The fraction of sp³-hybridized carbons (Fsp3) is 0. The van der Waals surface area contributed by atoms with Crippen molar-refractivity contribution in [2.24, 2.45) is 0 Å². The van der Waals surface area contributed by atoms with Gasteiger partial charge in [-0.25, -0.2) is 9.97 Å². The number of thiazole rings is 1. The van der Waals surface area contributed by atoms with Crippen molar-refractivity contribution in [3.8, 4) is 22.2 Å². The Balaban J connectivity index is 1.56. The predicted molar refractivity (Wildman–Crippen MR) is 137 cm³/mol. The Bertz CT molecular complexity index is 1850. The van der Waals surface area contributed by atoms with E-state index in [4.69, 9.17) is 22.3 Å². The summed E-state index contributed by atoms with van der Waals surface area (Å²) in [5.74, 6) is 0.738. The molecule has 7 nitrogen and oxygen atoms in total. The maximum Gasteiger partial charge on any atom is 0.271 e. The molecule has 0 bridgehead atoms. The van der Waals surface area contributed by atoms with Gasteiger partial charge in [0.25, 0.3) is 5.56 Å². The van der Waals surface area contributed by atoms with E-state index >= 15 is 0 Å². The van der Waals surface area contributed by atoms with Crippen molar-refractivity contribution in [2.45, 2.75) is 9.79 Å². The molecule has 34 heavy (non-hydrogen) atoms. The molecule has 2 N–H and O–H groups in total. The Labute approximate surface area is 205 Å². The van der Waals surface area contributed by atoms with Crippen LogP contribution in [0.4, 0.5) is 5.82 Å². The highest BCUT2D eigenvalue weighted by Gasteiger charge is 2.26. The summed E-state index contributed by atoms with van der Waals surface area (Å²) >= 11 is 9.14. The van der Waals surface area contributed by atoms with Gasteiger partial charge in [-0.1, -0.05) is 65.0 Å². The summed E-state index contributed by atoms with van der Waals surface area (Å²) in [5, 5.41) is 6.04. The molecule has 0 radical (unpaired) electrons. The monoisotopic (exact) mass is 500 g/mol. The van der Waals surface area contributed by atoms with Crippen LogP contribution in [0.15, 0.2) is 81.3 Å². The van der Waals surface area contributed by atoms with E-state index < -0.39 is 0 Å². The fourth-order valence-electron chi connectivity index (χ4n) is 4.17. The Kier molecular flexibility index (Phi) is 4.17. The number of anilines is 1. The van der Waals surface area contributed by atoms with E-state index in [2.05, 4.69) is 10.1 Å². The SMILES string of the molecule is Nc1c2c(=O)n3c(nc2nn1-c1nc2ccc(Cl)cc2s1)-c1ccccc1Sc1ccccc1-3. The Hall–Kier alpha value is -3.66. The molecule has 0 amide bonds. The first-order valence-electron chi connectivity index (χ1n) is 10.3. The summed E-state index contributed by atoms with van der Waals surface area (Å²) in [6.07, 6.45) is 0. The number of nitrogens with two attached hydrogens (primary N) is 1. The number of fused-ring (bicyclic) bond motifs is 7. The minimum absolute atomic E-state index is 0.204. The van der Waals surface area contributed by atoms with E-state index in [1.165, 1.54) is 16.0 Å². The van der Waals surface area contributed by atoms with Crippen molar-refractivity contribution < 1.29 is 0 Å². The molecule has 0 unspecified atom stereocenters. The molecule has 164 valence electrons. The Morgan fingerprint density at radius 3 is 2.62 bits per heavy atom. The van der Waals surface area contributed by atoms with Gasteiger partial charge in [0.05, 0.1) is 15.9 Å². The van der Waals surface area contributed by atoms with Crippen LogP contribution < -0.4 is 11.3 Å². The number of benzene rings is 3. The molecular formula is C24H13ClN6OS2. The van der Waals surface area contributed by atoms with Crippen molar-refractivity contribution in [1.82, 2.24) is 24.3 Å². The van der Waals surface area contributed by atoms with Crippen molar-refractivity contribution >= 4 is 61.8 Å². The van der Waals surface area contributed by atoms with Crippen LogP contribution in [0.1, 0.15) is 0 Å². The molecule has 1 aliphatic rings. The number of hydrogen-bond acceptors (Lipinski definition) is 7. The number of aromatic nitrogens is 5.